The third kappa shape index (κ3) is 5.93. The van der Waals surface area contributed by atoms with Gasteiger partial charge >= 0.3 is 5.97 Å². The van der Waals surface area contributed by atoms with Crippen LogP contribution in [-0.2, 0) is 14.6 Å². The molecule has 3 aromatic carbocycles. The first-order valence-electron chi connectivity index (χ1n) is 9.54. The summed E-state index contributed by atoms with van der Waals surface area (Å²) >= 11 is 0. The van der Waals surface area contributed by atoms with Crippen LogP contribution in [0.3, 0.4) is 0 Å². The lowest BCUT2D eigenvalue weighted by atomic mass is 9.94. The van der Waals surface area contributed by atoms with Gasteiger partial charge < -0.3 is 16.6 Å². The van der Waals surface area contributed by atoms with E-state index in [-0.39, 0.29) is 23.0 Å². The minimum Gasteiger partial charge on any atom is -0.481 e. The summed E-state index contributed by atoms with van der Waals surface area (Å²) < 4.78 is 26.2. The summed E-state index contributed by atoms with van der Waals surface area (Å²) in [4.78, 5) is 15.4. The van der Waals surface area contributed by atoms with Crippen molar-refractivity contribution < 1.29 is 18.3 Å². The Morgan fingerprint density at radius 1 is 0.903 bits per heavy atom. The largest absolute Gasteiger partial charge is 0.481 e. The third-order valence-corrected chi connectivity index (χ3v) is 6.56. The van der Waals surface area contributed by atoms with Gasteiger partial charge in [-0.3, -0.25) is 4.79 Å². The lowest BCUT2D eigenvalue weighted by molar-refractivity contribution is -0.137. The number of sulfone groups is 1. The molecule has 0 fully saturated rings. The number of hydrogen-bond donors (Lipinski definition) is 3. The third-order valence-electron chi connectivity index (χ3n) is 4.74. The SMILES string of the molecule is NC(N)=Nc1cccc(S(=O)(=O)CC(CC(=O)O)c2cccc(-c3ccccc3)c2)c1. The number of guanidine groups is 1. The maximum atomic E-state index is 13.1. The molecule has 31 heavy (non-hydrogen) atoms. The highest BCUT2D eigenvalue weighted by molar-refractivity contribution is 7.91. The molecule has 5 N–H and O–H groups in total. The second kappa shape index (κ2) is 9.44. The maximum absolute atomic E-state index is 13.1. The highest BCUT2D eigenvalue weighted by atomic mass is 32.2. The molecule has 1 atom stereocenters. The molecule has 0 radical (unpaired) electrons. The van der Waals surface area contributed by atoms with Crippen molar-refractivity contribution in [2.75, 3.05) is 5.75 Å². The summed E-state index contributed by atoms with van der Waals surface area (Å²) in [5.41, 5.74) is 13.5. The first-order valence-corrected chi connectivity index (χ1v) is 11.2. The van der Waals surface area contributed by atoms with Crippen LogP contribution in [0.4, 0.5) is 5.69 Å². The molecule has 1 unspecified atom stereocenters. The molecule has 0 aliphatic rings. The van der Waals surface area contributed by atoms with Gasteiger partial charge in [-0.25, -0.2) is 13.4 Å². The molecule has 0 aliphatic carbocycles. The van der Waals surface area contributed by atoms with E-state index in [9.17, 15) is 18.3 Å². The molecule has 0 amide bonds. The van der Waals surface area contributed by atoms with E-state index >= 15 is 0 Å². The summed E-state index contributed by atoms with van der Waals surface area (Å²) in [6.07, 6.45) is -0.314. The Balaban J connectivity index is 1.95. The van der Waals surface area contributed by atoms with Crippen LogP contribution in [0.1, 0.15) is 17.9 Å². The number of carboxylic acids is 1. The van der Waals surface area contributed by atoms with Crippen molar-refractivity contribution in [2.24, 2.45) is 16.5 Å². The summed E-state index contributed by atoms with van der Waals surface area (Å²) in [5.74, 6) is -2.34. The molecule has 0 aromatic heterocycles. The van der Waals surface area contributed by atoms with Crippen LogP contribution < -0.4 is 11.5 Å². The highest BCUT2D eigenvalue weighted by Gasteiger charge is 2.25. The van der Waals surface area contributed by atoms with Crippen molar-refractivity contribution in [1.82, 2.24) is 0 Å². The van der Waals surface area contributed by atoms with E-state index in [0.29, 0.717) is 11.3 Å². The molecule has 0 saturated carbocycles. The van der Waals surface area contributed by atoms with Crippen LogP contribution >= 0.6 is 0 Å². The molecule has 0 heterocycles. The van der Waals surface area contributed by atoms with Gasteiger partial charge in [0.2, 0.25) is 0 Å². The summed E-state index contributed by atoms with van der Waals surface area (Å²) in [6.45, 7) is 0. The number of benzene rings is 3. The summed E-state index contributed by atoms with van der Waals surface area (Å²) in [6, 6.07) is 22.8. The fourth-order valence-electron chi connectivity index (χ4n) is 3.34. The molecule has 0 aliphatic heterocycles. The lowest BCUT2D eigenvalue weighted by Gasteiger charge is -2.17. The number of carbonyl (C=O) groups is 1. The zero-order valence-corrected chi connectivity index (χ0v) is 17.5. The normalized spacial score (nSPS) is 12.1. The molecule has 0 spiro atoms. The molecule has 3 rings (SSSR count). The average Bonchev–Trinajstić information content (AvgIpc) is 2.73. The van der Waals surface area contributed by atoms with E-state index in [1.807, 2.05) is 42.5 Å². The predicted molar refractivity (Wildman–Crippen MR) is 121 cm³/mol. The quantitative estimate of drug-likeness (QED) is 0.365. The number of nitrogens with two attached hydrogens (primary N) is 2. The van der Waals surface area contributed by atoms with Crippen molar-refractivity contribution in [1.29, 1.82) is 0 Å². The van der Waals surface area contributed by atoms with Gasteiger partial charge in [-0.05, 0) is 34.9 Å². The van der Waals surface area contributed by atoms with E-state index in [0.717, 1.165) is 11.1 Å². The molecule has 0 bridgehead atoms. The topological polar surface area (TPSA) is 136 Å². The van der Waals surface area contributed by atoms with E-state index in [1.165, 1.54) is 18.2 Å². The number of aliphatic carboxylic acids is 1. The Bertz CT molecular complexity index is 1200. The molecule has 160 valence electrons. The van der Waals surface area contributed by atoms with Crippen LogP contribution in [0.5, 0.6) is 0 Å². The highest BCUT2D eigenvalue weighted by Crippen LogP contribution is 2.29. The molecule has 8 heteroatoms. The number of rotatable bonds is 8. The van der Waals surface area contributed by atoms with Gasteiger partial charge in [0.1, 0.15) is 0 Å². The van der Waals surface area contributed by atoms with Crippen molar-refractivity contribution in [3.8, 4) is 11.1 Å². The number of carboxylic acid groups (broad SMARTS) is 1. The molecule has 0 saturated heterocycles. The van der Waals surface area contributed by atoms with Crippen LogP contribution in [-0.4, -0.2) is 31.2 Å². The molecule has 3 aromatic rings. The Morgan fingerprint density at radius 2 is 1.58 bits per heavy atom. The van der Waals surface area contributed by atoms with Crippen molar-refractivity contribution >= 4 is 27.5 Å². The monoisotopic (exact) mass is 437 g/mol. The van der Waals surface area contributed by atoms with Gasteiger partial charge in [0, 0.05) is 5.92 Å². The van der Waals surface area contributed by atoms with Gasteiger partial charge in [-0.15, -0.1) is 0 Å². The smallest absolute Gasteiger partial charge is 0.303 e. The van der Waals surface area contributed by atoms with E-state index in [1.54, 1.807) is 18.2 Å². The average molecular weight is 438 g/mol. The Hall–Kier alpha value is -3.65. The fraction of sp³-hybridized carbons (Fsp3) is 0.130. The van der Waals surface area contributed by atoms with Gasteiger partial charge in [0.05, 0.1) is 22.8 Å². The zero-order valence-electron chi connectivity index (χ0n) is 16.7. The van der Waals surface area contributed by atoms with E-state index in [4.69, 9.17) is 11.5 Å². The standard InChI is InChI=1S/C23H23N3O4S/c24-23(25)26-20-10-5-11-21(14-20)31(29,30)15-19(13-22(27)28)18-9-4-8-17(12-18)16-6-2-1-3-7-16/h1-12,14,19H,13,15H2,(H,27,28)(H4,24,25,26). The van der Waals surface area contributed by atoms with Crippen LogP contribution in [0.15, 0.2) is 88.8 Å². The zero-order chi connectivity index (χ0) is 22.4. The number of aliphatic imine (C=N–C) groups is 1. The van der Waals surface area contributed by atoms with E-state index in [2.05, 4.69) is 4.99 Å². The minimum atomic E-state index is -3.80. The maximum Gasteiger partial charge on any atom is 0.303 e. The van der Waals surface area contributed by atoms with Gasteiger partial charge in [-0.1, -0.05) is 60.7 Å². The second-order valence-corrected chi connectivity index (χ2v) is 9.14. The van der Waals surface area contributed by atoms with Crippen molar-refractivity contribution in [3.05, 3.63) is 84.4 Å². The van der Waals surface area contributed by atoms with Gasteiger partial charge in [0.15, 0.2) is 15.8 Å². The fourth-order valence-corrected chi connectivity index (χ4v) is 4.96. The van der Waals surface area contributed by atoms with Crippen LogP contribution in [0, 0.1) is 0 Å². The van der Waals surface area contributed by atoms with Crippen LogP contribution in [0.2, 0.25) is 0 Å². The second-order valence-electron chi connectivity index (χ2n) is 7.10. The first-order chi connectivity index (χ1) is 14.7. The van der Waals surface area contributed by atoms with Gasteiger partial charge in [0.25, 0.3) is 0 Å². The van der Waals surface area contributed by atoms with Crippen molar-refractivity contribution in [3.63, 3.8) is 0 Å². The Morgan fingerprint density at radius 3 is 2.26 bits per heavy atom. The Labute approximate surface area is 181 Å². The number of nitrogens with zero attached hydrogens (tertiary/aromatic N) is 1. The van der Waals surface area contributed by atoms with Gasteiger partial charge in [-0.2, -0.15) is 0 Å². The molecular weight excluding hydrogens is 414 g/mol. The number of hydrogen-bond acceptors (Lipinski definition) is 4. The Kier molecular flexibility index (Phi) is 6.71. The summed E-state index contributed by atoms with van der Waals surface area (Å²) in [7, 11) is -3.80. The minimum absolute atomic E-state index is 0.0320. The lowest BCUT2D eigenvalue weighted by Crippen LogP contribution is -2.22. The summed E-state index contributed by atoms with van der Waals surface area (Å²) in [5, 5.41) is 9.40. The predicted octanol–water partition coefficient (Wildman–Crippen LogP) is 3.29. The van der Waals surface area contributed by atoms with Crippen LogP contribution in [0.25, 0.3) is 11.1 Å². The van der Waals surface area contributed by atoms with Crippen molar-refractivity contribution in [2.45, 2.75) is 17.2 Å². The first kappa shape index (κ1) is 22.0. The molecule has 7 nitrogen and oxygen atoms in total. The molecular formula is C23H23N3O4S. The van der Waals surface area contributed by atoms with E-state index < -0.39 is 21.7 Å².